The maximum atomic E-state index is 11.0. The first-order chi connectivity index (χ1) is 7.18. The van der Waals surface area contributed by atoms with Crippen LogP contribution in [-0.4, -0.2) is 42.3 Å². The summed E-state index contributed by atoms with van der Waals surface area (Å²) in [6.45, 7) is 6.23. The number of hydrogen-bond donors (Lipinski definition) is 1. The number of nitrogens with one attached hydrogen (secondary N) is 1. The van der Waals surface area contributed by atoms with Crippen molar-refractivity contribution in [3.63, 3.8) is 0 Å². The number of carbonyl (C=O) groups is 1. The number of cyclic esters (lactones) is 1. The lowest BCUT2D eigenvalue weighted by atomic mass is 9.96. The molecule has 0 aromatic heterocycles. The zero-order valence-corrected chi connectivity index (χ0v) is 9.53. The molecule has 4 nitrogen and oxygen atoms in total. The second-order valence-corrected chi connectivity index (χ2v) is 4.72. The Balaban J connectivity index is 2.01. The Morgan fingerprint density at radius 1 is 1.47 bits per heavy atom. The summed E-state index contributed by atoms with van der Waals surface area (Å²) in [7, 11) is 0. The number of hydrogen-bond acceptors (Lipinski definition) is 3. The van der Waals surface area contributed by atoms with E-state index in [0.717, 1.165) is 13.0 Å². The lowest BCUT2D eigenvalue weighted by molar-refractivity contribution is 0.0204. The number of ether oxygens (including phenoxy) is 1. The summed E-state index contributed by atoms with van der Waals surface area (Å²) in [6.07, 6.45) is 3.47. The molecule has 4 heteroatoms. The average Bonchev–Trinajstić information content (AvgIpc) is 2.65. The Kier molecular flexibility index (Phi) is 3.14. The van der Waals surface area contributed by atoms with Gasteiger partial charge < -0.3 is 10.1 Å². The van der Waals surface area contributed by atoms with Gasteiger partial charge in [0, 0.05) is 12.1 Å². The third kappa shape index (κ3) is 2.25. The van der Waals surface area contributed by atoms with Crippen molar-refractivity contribution in [3.05, 3.63) is 0 Å². The van der Waals surface area contributed by atoms with Crippen LogP contribution in [0.2, 0.25) is 0 Å². The van der Waals surface area contributed by atoms with Gasteiger partial charge in [0.05, 0.1) is 6.54 Å². The molecule has 0 aromatic carbocycles. The fourth-order valence-corrected chi connectivity index (χ4v) is 2.64. The van der Waals surface area contributed by atoms with Gasteiger partial charge in [-0.05, 0) is 33.2 Å². The Bertz CT molecular complexity index is 243. The van der Waals surface area contributed by atoms with Crippen molar-refractivity contribution < 1.29 is 9.53 Å². The predicted molar refractivity (Wildman–Crippen MR) is 57.8 cm³/mol. The molecule has 0 aromatic rings. The minimum atomic E-state index is -0.255. The Hall–Kier alpha value is -0.770. The van der Waals surface area contributed by atoms with E-state index in [1.165, 1.54) is 12.8 Å². The maximum absolute atomic E-state index is 11.0. The average molecular weight is 212 g/mol. The number of alkyl carbamates (subject to hydrolysis) is 1. The summed E-state index contributed by atoms with van der Waals surface area (Å²) >= 11 is 0. The van der Waals surface area contributed by atoms with Crippen LogP contribution in [0.4, 0.5) is 4.79 Å². The van der Waals surface area contributed by atoms with Gasteiger partial charge in [-0.15, -0.1) is 0 Å². The molecule has 0 saturated carbocycles. The topological polar surface area (TPSA) is 41.6 Å². The van der Waals surface area contributed by atoms with E-state index in [-0.39, 0.29) is 12.2 Å². The van der Waals surface area contributed by atoms with Crippen LogP contribution in [0.5, 0.6) is 0 Å². The van der Waals surface area contributed by atoms with Crippen LogP contribution in [0, 0.1) is 0 Å². The van der Waals surface area contributed by atoms with Crippen LogP contribution in [0.1, 0.15) is 33.1 Å². The van der Waals surface area contributed by atoms with E-state index in [4.69, 9.17) is 4.74 Å². The zero-order chi connectivity index (χ0) is 10.8. The number of amides is 1. The molecule has 86 valence electrons. The van der Waals surface area contributed by atoms with Crippen molar-refractivity contribution in [1.82, 2.24) is 10.2 Å². The van der Waals surface area contributed by atoms with E-state index >= 15 is 0 Å². The molecule has 2 unspecified atom stereocenters. The Labute approximate surface area is 91.0 Å². The summed E-state index contributed by atoms with van der Waals surface area (Å²) in [4.78, 5) is 13.5. The molecule has 0 radical (unpaired) electrons. The molecule has 2 atom stereocenters. The first-order valence-corrected chi connectivity index (χ1v) is 5.88. The van der Waals surface area contributed by atoms with Crippen LogP contribution in [-0.2, 0) is 4.74 Å². The molecule has 2 saturated heterocycles. The number of piperidine rings is 1. The molecule has 2 aliphatic rings. The van der Waals surface area contributed by atoms with Gasteiger partial charge >= 0.3 is 6.09 Å². The molecule has 0 aliphatic carbocycles. The fraction of sp³-hybridized carbons (Fsp3) is 0.909. The number of rotatable bonds is 2. The van der Waals surface area contributed by atoms with E-state index in [9.17, 15) is 4.79 Å². The number of likely N-dealkylation sites (tertiary alicyclic amines) is 1. The predicted octanol–water partition coefficient (Wildman–Crippen LogP) is 1.36. The third-order valence-corrected chi connectivity index (χ3v) is 3.39. The van der Waals surface area contributed by atoms with Gasteiger partial charge in [0.1, 0.15) is 6.10 Å². The number of nitrogens with zero attached hydrogens (tertiary/aromatic N) is 1. The van der Waals surface area contributed by atoms with Gasteiger partial charge in [0.25, 0.3) is 0 Å². The molecule has 2 aliphatic heterocycles. The van der Waals surface area contributed by atoms with E-state index in [2.05, 4.69) is 24.1 Å². The van der Waals surface area contributed by atoms with Crippen molar-refractivity contribution in [2.45, 2.75) is 51.3 Å². The highest BCUT2D eigenvalue weighted by molar-refractivity contribution is 5.69. The van der Waals surface area contributed by atoms with E-state index in [1.54, 1.807) is 0 Å². The van der Waals surface area contributed by atoms with Gasteiger partial charge in [-0.3, -0.25) is 4.90 Å². The molecule has 2 rings (SSSR count). The minimum absolute atomic E-state index is 0.0557. The quantitative estimate of drug-likeness (QED) is 0.751. The van der Waals surface area contributed by atoms with Crippen LogP contribution in [0.25, 0.3) is 0 Å². The highest BCUT2D eigenvalue weighted by Crippen LogP contribution is 2.24. The van der Waals surface area contributed by atoms with Gasteiger partial charge in [-0.1, -0.05) is 6.42 Å². The van der Waals surface area contributed by atoms with Crippen molar-refractivity contribution in [2.75, 3.05) is 13.1 Å². The SMILES string of the molecule is CC(C)N1CCCCC1C1CNC(=O)O1. The first kappa shape index (κ1) is 10.7. The van der Waals surface area contributed by atoms with Gasteiger partial charge in [-0.25, -0.2) is 4.79 Å². The van der Waals surface area contributed by atoms with Crippen LogP contribution >= 0.6 is 0 Å². The molecule has 0 bridgehead atoms. The summed E-state index contributed by atoms with van der Waals surface area (Å²) in [5.74, 6) is 0. The largest absolute Gasteiger partial charge is 0.443 e. The molecular weight excluding hydrogens is 192 g/mol. The zero-order valence-electron chi connectivity index (χ0n) is 9.53. The van der Waals surface area contributed by atoms with E-state index in [1.807, 2.05) is 0 Å². The monoisotopic (exact) mass is 212 g/mol. The van der Waals surface area contributed by atoms with E-state index in [0.29, 0.717) is 18.6 Å². The first-order valence-electron chi connectivity index (χ1n) is 5.88. The molecule has 1 N–H and O–H groups in total. The number of carbonyl (C=O) groups excluding carboxylic acids is 1. The lowest BCUT2D eigenvalue weighted by Gasteiger charge is -2.40. The second kappa shape index (κ2) is 4.39. The molecular formula is C11H20N2O2. The van der Waals surface area contributed by atoms with Crippen molar-refractivity contribution in [3.8, 4) is 0 Å². The second-order valence-electron chi connectivity index (χ2n) is 4.72. The molecule has 0 spiro atoms. The highest BCUT2D eigenvalue weighted by atomic mass is 16.6. The smallest absolute Gasteiger partial charge is 0.407 e. The minimum Gasteiger partial charge on any atom is -0.443 e. The van der Waals surface area contributed by atoms with Crippen LogP contribution < -0.4 is 5.32 Å². The normalized spacial score (nSPS) is 32.9. The van der Waals surface area contributed by atoms with Crippen molar-refractivity contribution >= 4 is 6.09 Å². The van der Waals surface area contributed by atoms with Crippen LogP contribution in [0.15, 0.2) is 0 Å². The molecule has 1 amide bonds. The van der Waals surface area contributed by atoms with Gasteiger partial charge in [0.2, 0.25) is 0 Å². The van der Waals surface area contributed by atoms with Gasteiger partial charge in [0.15, 0.2) is 0 Å². The highest BCUT2D eigenvalue weighted by Gasteiger charge is 2.36. The Morgan fingerprint density at radius 2 is 2.27 bits per heavy atom. The lowest BCUT2D eigenvalue weighted by Crippen LogP contribution is -2.51. The Morgan fingerprint density at radius 3 is 2.87 bits per heavy atom. The summed E-state index contributed by atoms with van der Waals surface area (Å²) in [6, 6.07) is 0.951. The van der Waals surface area contributed by atoms with Crippen molar-refractivity contribution in [2.24, 2.45) is 0 Å². The van der Waals surface area contributed by atoms with Gasteiger partial charge in [-0.2, -0.15) is 0 Å². The third-order valence-electron chi connectivity index (χ3n) is 3.39. The molecule has 2 heterocycles. The van der Waals surface area contributed by atoms with Crippen molar-refractivity contribution in [1.29, 1.82) is 0 Å². The molecule has 2 fully saturated rings. The molecule has 15 heavy (non-hydrogen) atoms. The standard InChI is InChI=1S/C11H20N2O2/c1-8(2)13-6-4-3-5-9(13)10-7-12-11(14)15-10/h8-10H,3-7H2,1-2H3,(H,12,14). The summed E-state index contributed by atoms with van der Waals surface area (Å²) in [5.41, 5.74) is 0. The summed E-state index contributed by atoms with van der Waals surface area (Å²) < 4.78 is 5.29. The maximum Gasteiger partial charge on any atom is 0.407 e. The van der Waals surface area contributed by atoms with Crippen LogP contribution in [0.3, 0.4) is 0 Å². The summed E-state index contributed by atoms with van der Waals surface area (Å²) in [5, 5.41) is 2.74. The van der Waals surface area contributed by atoms with E-state index < -0.39 is 0 Å². The fourth-order valence-electron chi connectivity index (χ4n) is 2.64.